The average molecular weight is 612 g/mol. The number of anilines is 2. The summed E-state index contributed by atoms with van der Waals surface area (Å²) in [4.78, 5) is 29.8. The molecule has 44 heavy (non-hydrogen) atoms. The van der Waals surface area contributed by atoms with Crippen molar-refractivity contribution in [2.24, 2.45) is 5.92 Å². The Morgan fingerprint density at radius 3 is 2.68 bits per heavy atom. The van der Waals surface area contributed by atoms with E-state index in [9.17, 15) is 23.2 Å². The van der Waals surface area contributed by atoms with Crippen molar-refractivity contribution in [3.8, 4) is 12.1 Å². The van der Waals surface area contributed by atoms with Crippen LogP contribution in [0.2, 0.25) is 0 Å². The number of piperazine rings is 1. The summed E-state index contributed by atoms with van der Waals surface area (Å²) >= 11 is 0. The predicted molar refractivity (Wildman–Crippen MR) is 161 cm³/mol. The number of amides is 1. The van der Waals surface area contributed by atoms with Gasteiger partial charge in [-0.15, -0.1) is 0 Å². The number of fused-ring (bicyclic) bond motifs is 1. The zero-order valence-corrected chi connectivity index (χ0v) is 25.6. The normalized spacial score (nSPS) is 22.1. The first-order valence-corrected chi connectivity index (χ1v) is 15.2. The van der Waals surface area contributed by atoms with E-state index in [1.807, 2.05) is 0 Å². The minimum absolute atomic E-state index is 0.136. The van der Waals surface area contributed by atoms with Crippen molar-refractivity contribution in [3.63, 3.8) is 0 Å². The second kappa shape index (κ2) is 13.0. The highest BCUT2D eigenvalue weighted by molar-refractivity contribution is 5.87. The fraction of sp³-hybridized carbons (Fsp3) is 0.562. The molecule has 1 amide bonds. The number of alkyl halides is 3. The second-order valence-corrected chi connectivity index (χ2v) is 12.2. The van der Waals surface area contributed by atoms with E-state index >= 15 is 0 Å². The van der Waals surface area contributed by atoms with E-state index in [0.717, 1.165) is 24.8 Å². The Kier molecular flexibility index (Phi) is 9.34. The molecule has 3 atom stereocenters. The number of ether oxygens (including phenoxy) is 1. The lowest BCUT2D eigenvalue weighted by molar-refractivity contribution is -0.137. The van der Waals surface area contributed by atoms with E-state index < -0.39 is 11.7 Å². The van der Waals surface area contributed by atoms with Crippen molar-refractivity contribution in [2.45, 2.75) is 63.8 Å². The lowest BCUT2D eigenvalue weighted by Crippen LogP contribution is -2.55. The molecule has 1 aromatic carbocycles. The molecule has 0 unspecified atom stereocenters. The van der Waals surface area contributed by atoms with E-state index in [1.54, 1.807) is 15.9 Å². The maximum atomic E-state index is 14.1. The van der Waals surface area contributed by atoms with Crippen molar-refractivity contribution >= 4 is 17.4 Å². The van der Waals surface area contributed by atoms with Crippen LogP contribution in [0.15, 0.2) is 30.9 Å². The van der Waals surface area contributed by atoms with Gasteiger partial charge in [0.2, 0.25) is 5.91 Å². The molecule has 0 bridgehead atoms. The van der Waals surface area contributed by atoms with Gasteiger partial charge >= 0.3 is 12.2 Å². The summed E-state index contributed by atoms with van der Waals surface area (Å²) in [5.41, 5.74) is 1.18. The lowest BCUT2D eigenvalue weighted by Gasteiger charge is -2.42. The summed E-state index contributed by atoms with van der Waals surface area (Å²) in [7, 11) is 4.16. The molecule has 12 heteroatoms. The van der Waals surface area contributed by atoms with Crippen LogP contribution >= 0.6 is 0 Å². The van der Waals surface area contributed by atoms with Crippen LogP contribution in [0.25, 0.3) is 0 Å². The van der Waals surface area contributed by atoms with E-state index in [1.165, 1.54) is 25.1 Å². The van der Waals surface area contributed by atoms with Crippen LogP contribution in [0.1, 0.15) is 48.1 Å². The molecule has 236 valence electrons. The third-order valence-electron chi connectivity index (χ3n) is 9.16. The maximum absolute atomic E-state index is 14.1. The van der Waals surface area contributed by atoms with Gasteiger partial charge in [-0.05, 0) is 70.3 Å². The highest BCUT2D eigenvalue weighted by Gasteiger charge is 2.38. The Balaban J connectivity index is 1.47. The third-order valence-corrected chi connectivity index (χ3v) is 9.16. The standard InChI is InChI=1S/C32H40F3N7O2/c1-5-28(43)42-16-15-41(18-24(42)11-13-36)30-25-12-14-40(27-8-6-7-21(2)29(27)32(33,34)35)19-26(25)37-31(38-30)44-20-22-9-10-23(17-22)39(3)4/h5-8,22-24H,1,9-12,14-20H2,2-4H3/t22-,23-,24+/m1/s1. The molecule has 3 aliphatic rings. The molecule has 5 rings (SSSR count). The highest BCUT2D eigenvalue weighted by Crippen LogP contribution is 2.41. The van der Waals surface area contributed by atoms with Crippen LogP contribution in [0.4, 0.5) is 24.7 Å². The minimum Gasteiger partial charge on any atom is -0.463 e. The maximum Gasteiger partial charge on any atom is 0.418 e. The molecule has 1 saturated heterocycles. The van der Waals surface area contributed by atoms with Crippen molar-refractivity contribution in [3.05, 3.63) is 53.2 Å². The summed E-state index contributed by atoms with van der Waals surface area (Å²) in [6, 6.07) is 7.19. The summed E-state index contributed by atoms with van der Waals surface area (Å²) in [5.74, 6) is 0.800. The highest BCUT2D eigenvalue weighted by atomic mass is 19.4. The summed E-state index contributed by atoms with van der Waals surface area (Å²) in [5, 5.41) is 9.48. The van der Waals surface area contributed by atoms with Crippen molar-refractivity contribution in [1.82, 2.24) is 19.8 Å². The largest absolute Gasteiger partial charge is 0.463 e. The molecule has 2 fully saturated rings. The van der Waals surface area contributed by atoms with Gasteiger partial charge in [0.25, 0.3) is 0 Å². The number of rotatable bonds is 8. The van der Waals surface area contributed by atoms with Crippen LogP contribution in [-0.2, 0) is 23.9 Å². The number of halogens is 3. The van der Waals surface area contributed by atoms with Gasteiger partial charge in [0, 0.05) is 43.5 Å². The lowest BCUT2D eigenvalue weighted by atomic mass is 10.00. The first-order valence-electron chi connectivity index (χ1n) is 15.2. The number of hydrogen-bond donors (Lipinski definition) is 0. The summed E-state index contributed by atoms with van der Waals surface area (Å²) in [6.07, 6.45) is 0.519. The van der Waals surface area contributed by atoms with Gasteiger partial charge in [-0.25, -0.2) is 0 Å². The third kappa shape index (κ3) is 6.62. The van der Waals surface area contributed by atoms with Crippen LogP contribution in [0.5, 0.6) is 6.01 Å². The molecule has 0 spiro atoms. The SMILES string of the molecule is C=CC(=O)N1CCN(c2nc(OC[C@@H]3CC[C@@H](N(C)C)C3)nc3c2CCN(c2cccc(C)c2C(F)(F)F)C3)C[C@@H]1CC#N. The van der Waals surface area contributed by atoms with Gasteiger partial charge < -0.3 is 24.3 Å². The molecule has 0 N–H and O–H groups in total. The summed E-state index contributed by atoms with van der Waals surface area (Å²) < 4.78 is 48.6. The Labute approximate surface area is 256 Å². The molecular weight excluding hydrogens is 571 g/mol. The first kappa shape index (κ1) is 31.6. The zero-order chi connectivity index (χ0) is 31.6. The topological polar surface area (TPSA) is 88.8 Å². The second-order valence-electron chi connectivity index (χ2n) is 12.2. The molecule has 3 heterocycles. The van der Waals surface area contributed by atoms with E-state index in [4.69, 9.17) is 14.7 Å². The molecule has 2 aliphatic heterocycles. The van der Waals surface area contributed by atoms with Crippen molar-refractivity contribution in [1.29, 1.82) is 5.26 Å². The van der Waals surface area contributed by atoms with Crippen LogP contribution in [0, 0.1) is 24.2 Å². The van der Waals surface area contributed by atoms with Crippen LogP contribution in [0.3, 0.4) is 0 Å². The van der Waals surface area contributed by atoms with Gasteiger partial charge in [0.1, 0.15) is 5.82 Å². The monoisotopic (exact) mass is 611 g/mol. The Hall–Kier alpha value is -3.85. The Bertz CT molecular complexity index is 1420. The molecule has 0 radical (unpaired) electrons. The van der Waals surface area contributed by atoms with Gasteiger partial charge in [0.15, 0.2) is 0 Å². The number of aromatic nitrogens is 2. The van der Waals surface area contributed by atoms with Crippen molar-refractivity contribution < 1.29 is 22.7 Å². The predicted octanol–water partition coefficient (Wildman–Crippen LogP) is 4.59. The number of aryl methyl sites for hydroxylation is 1. The van der Waals surface area contributed by atoms with Gasteiger partial charge in [0.05, 0.1) is 42.9 Å². The molecular formula is C32H40F3N7O2. The van der Waals surface area contributed by atoms with E-state index in [0.29, 0.717) is 62.7 Å². The number of carbonyl (C=O) groups excluding carboxylic acids is 1. The minimum atomic E-state index is -4.49. The Morgan fingerprint density at radius 2 is 2.00 bits per heavy atom. The fourth-order valence-corrected chi connectivity index (χ4v) is 6.80. The van der Waals surface area contributed by atoms with Gasteiger partial charge in [-0.2, -0.15) is 28.4 Å². The van der Waals surface area contributed by atoms with Crippen LogP contribution < -0.4 is 14.5 Å². The van der Waals surface area contributed by atoms with E-state index in [2.05, 4.69) is 36.5 Å². The molecule has 1 aromatic heterocycles. The fourth-order valence-electron chi connectivity index (χ4n) is 6.80. The average Bonchev–Trinajstić information content (AvgIpc) is 3.48. The van der Waals surface area contributed by atoms with Gasteiger partial charge in [-0.1, -0.05) is 18.7 Å². The molecule has 2 aromatic rings. The van der Waals surface area contributed by atoms with Crippen LogP contribution in [-0.4, -0.2) is 84.6 Å². The number of hydrogen-bond acceptors (Lipinski definition) is 8. The molecule has 1 saturated carbocycles. The smallest absolute Gasteiger partial charge is 0.418 e. The number of carbonyl (C=O) groups is 1. The quantitative estimate of drug-likeness (QED) is 0.401. The first-order chi connectivity index (χ1) is 21.0. The van der Waals surface area contributed by atoms with E-state index in [-0.39, 0.29) is 42.2 Å². The number of benzene rings is 1. The summed E-state index contributed by atoms with van der Waals surface area (Å²) in [6.45, 7) is 7.35. The van der Waals surface area contributed by atoms with Crippen molar-refractivity contribution in [2.75, 3.05) is 56.7 Å². The number of nitrogens with zero attached hydrogens (tertiary/aromatic N) is 7. The zero-order valence-electron chi connectivity index (χ0n) is 25.6. The van der Waals surface area contributed by atoms with Gasteiger partial charge in [-0.3, -0.25) is 4.79 Å². The molecule has 9 nitrogen and oxygen atoms in total. The Morgan fingerprint density at radius 1 is 1.20 bits per heavy atom. The number of nitriles is 1. The molecule has 1 aliphatic carbocycles.